The molecule has 1 aromatic rings. The first-order chi connectivity index (χ1) is 6.30. The maximum atomic E-state index is 10.5. The zero-order valence-corrected chi connectivity index (χ0v) is 7.28. The molecule has 0 aliphatic rings. The molecule has 0 heterocycles. The topological polar surface area (TPSA) is 50.1 Å². The Morgan fingerprint density at radius 2 is 2.31 bits per heavy atom. The van der Waals surface area contributed by atoms with Crippen LogP contribution < -0.4 is 4.74 Å². The smallest absolute Gasteiger partial charge is 0.150 e. The summed E-state index contributed by atoms with van der Waals surface area (Å²) in [7, 11) is 0. The molecular weight excluding hydrogens is 166 g/mol. The van der Waals surface area contributed by atoms with Crippen LogP contribution in [-0.2, 0) is 0 Å². The van der Waals surface area contributed by atoms with E-state index in [0.717, 1.165) is 0 Å². The molecule has 1 rings (SSSR count). The fourth-order valence-electron chi connectivity index (χ4n) is 1.00. The Balaban J connectivity index is 3.08. The number of carbonyl (C=O) groups is 1. The molecule has 0 aliphatic heterocycles. The number of aldehydes is 1. The Kier molecular flexibility index (Phi) is 3.04. The Labute approximate surface area is 76.6 Å². The van der Waals surface area contributed by atoms with Gasteiger partial charge in [0.1, 0.15) is 12.0 Å². The minimum absolute atomic E-state index is 0.438. The largest absolute Gasteiger partial charge is 0.494 e. The molecule has 0 aromatic heterocycles. The van der Waals surface area contributed by atoms with Crippen LogP contribution in [0.1, 0.15) is 22.8 Å². The molecule has 3 nitrogen and oxygen atoms in total. The van der Waals surface area contributed by atoms with E-state index in [2.05, 4.69) is 0 Å². The number of rotatable bonds is 3. The van der Waals surface area contributed by atoms with Crippen molar-refractivity contribution in [3.8, 4) is 11.8 Å². The summed E-state index contributed by atoms with van der Waals surface area (Å²) in [5.74, 6) is 0.559. The summed E-state index contributed by atoms with van der Waals surface area (Å²) < 4.78 is 5.18. The van der Waals surface area contributed by atoms with Gasteiger partial charge in [-0.05, 0) is 25.1 Å². The van der Waals surface area contributed by atoms with Crippen LogP contribution in [0, 0.1) is 11.3 Å². The van der Waals surface area contributed by atoms with Crippen LogP contribution in [0.25, 0.3) is 0 Å². The second kappa shape index (κ2) is 4.27. The molecule has 3 heteroatoms. The van der Waals surface area contributed by atoms with Gasteiger partial charge in [0.25, 0.3) is 0 Å². The Hall–Kier alpha value is -1.82. The van der Waals surface area contributed by atoms with Crippen LogP contribution in [0.4, 0.5) is 0 Å². The molecule has 0 saturated carbocycles. The number of hydrogen-bond donors (Lipinski definition) is 0. The number of nitrogens with zero attached hydrogens (tertiary/aromatic N) is 1. The van der Waals surface area contributed by atoms with E-state index in [1.54, 1.807) is 12.1 Å². The van der Waals surface area contributed by atoms with Gasteiger partial charge in [0.15, 0.2) is 0 Å². The lowest BCUT2D eigenvalue weighted by Crippen LogP contribution is -1.93. The SMILES string of the molecule is CCOc1cc(C#N)cc(C=O)c1. The van der Waals surface area contributed by atoms with Gasteiger partial charge in [0.05, 0.1) is 18.2 Å². The van der Waals surface area contributed by atoms with Crippen LogP contribution in [0.2, 0.25) is 0 Å². The van der Waals surface area contributed by atoms with Gasteiger partial charge in [0.2, 0.25) is 0 Å². The van der Waals surface area contributed by atoms with Crippen molar-refractivity contribution in [2.24, 2.45) is 0 Å². The fraction of sp³-hybridized carbons (Fsp3) is 0.200. The maximum Gasteiger partial charge on any atom is 0.150 e. The fourth-order valence-corrected chi connectivity index (χ4v) is 1.00. The van der Waals surface area contributed by atoms with Crippen molar-refractivity contribution in [1.29, 1.82) is 5.26 Å². The molecule has 0 spiro atoms. The molecular formula is C10H9NO2. The van der Waals surface area contributed by atoms with Crippen molar-refractivity contribution in [3.05, 3.63) is 29.3 Å². The lowest BCUT2D eigenvalue weighted by atomic mass is 10.1. The summed E-state index contributed by atoms with van der Waals surface area (Å²) in [5.41, 5.74) is 0.899. The first kappa shape index (κ1) is 9.27. The summed E-state index contributed by atoms with van der Waals surface area (Å²) >= 11 is 0. The lowest BCUT2D eigenvalue weighted by Gasteiger charge is -2.03. The third-order valence-electron chi connectivity index (χ3n) is 1.51. The van der Waals surface area contributed by atoms with Crippen molar-refractivity contribution in [2.45, 2.75) is 6.92 Å². The van der Waals surface area contributed by atoms with Crippen molar-refractivity contribution in [2.75, 3.05) is 6.61 Å². The van der Waals surface area contributed by atoms with Gasteiger partial charge in [-0.2, -0.15) is 5.26 Å². The zero-order valence-electron chi connectivity index (χ0n) is 7.28. The molecule has 0 saturated heterocycles. The van der Waals surface area contributed by atoms with E-state index < -0.39 is 0 Å². The highest BCUT2D eigenvalue weighted by molar-refractivity contribution is 5.76. The summed E-state index contributed by atoms with van der Waals surface area (Å²) in [4.78, 5) is 10.5. The van der Waals surface area contributed by atoms with Crippen molar-refractivity contribution < 1.29 is 9.53 Å². The van der Waals surface area contributed by atoms with Crippen molar-refractivity contribution in [3.63, 3.8) is 0 Å². The normalized spacial score (nSPS) is 8.92. The Morgan fingerprint density at radius 3 is 2.85 bits per heavy atom. The number of hydrogen-bond acceptors (Lipinski definition) is 3. The number of ether oxygens (including phenoxy) is 1. The monoisotopic (exact) mass is 175 g/mol. The highest BCUT2D eigenvalue weighted by Gasteiger charge is 1.99. The first-order valence-corrected chi connectivity index (χ1v) is 3.93. The molecule has 0 N–H and O–H groups in total. The Morgan fingerprint density at radius 1 is 1.54 bits per heavy atom. The molecule has 0 aliphatic carbocycles. The molecule has 0 radical (unpaired) electrons. The Bertz CT molecular complexity index is 352. The van der Waals surface area contributed by atoms with Crippen molar-refractivity contribution >= 4 is 6.29 Å². The van der Waals surface area contributed by atoms with Crippen molar-refractivity contribution in [1.82, 2.24) is 0 Å². The number of nitriles is 1. The quantitative estimate of drug-likeness (QED) is 0.658. The van der Waals surface area contributed by atoms with Crippen LogP contribution in [0.15, 0.2) is 18.2 Å². The van der Waals surface area contributed by atoms with E-state index in [1.165, 1.54) is 6.07 Å². The van der Waals surface area contributed by atoms with Gasteiger partial charge in [-0.15, -0.1) is 0 Å². The average molecular weight is 175 g/mol. The van der Waals surface area contributed by atoms with E-state index in [1.807, 2.05) is 13.0 Å². The summed E-state index contributed by atoms with van der Waals surface area (Å²) in [5, 5.41) is 8.63. The van der Waals surface area contributed by atoms with Gasteiger partial charge >= 0.3 is 0 Å². The van der Waals surface area contributed by atoms with Crippen LogP contribution >= 0.6 is 0 Å². The summed E-state index contributed by atoms with van der Waals surface area (Å²) in [6, 6.07) is 6.70. The highest BCUT2D eigenvalue weighted by atomic mass is 16.5. The van der Waals surface area contributed by atoms with Gasteiger partial charge in [-0.25, -0.2) is 0 Å². The molecule has 0 atom stereocenters. The third-order valence-corrected chi connectivity index (χ3v) is 1.51. The molecule has 0 amide bonds. The van der Waals surface area contributed by atoms with E-state index in [9.17, 15) is 4.79 Å². The van der Waals surface area contributed by atoms with E-state index in [0.29, 0.717) is 29.8 Å². The molecule has 13 heavy (non-hydrogen) atoms. The van der Waals surface area contributed by atoms with E-state index in [4.69, 9.17) is 10.00 Å². The van der Waals surface area contributed by atoms with Gasteiger partial charge in [-0.3, -0.25) is 4.79 Å². The van der Waals surface area contributed by atoms with E-state index >= 15 is 0 Å². The molecule has 1 aromatic carbocycles. The lowest BCUT2D eigenvalue weighted by molar-refractivity contribution is 0.112. The molecule has 0 bridgehead atoms. The predicted molar refractivity (Wildman–Crippen MR) is 47.7 cm³/mol. The number of carbonyl (C=O) groups excluding carboxylic acids is 1. The predicted octanol–water partition coefficient (Wildman–Crippen LogP) is 1.77. The standard InChI is InChI=1S/C10H9NO2/c1-2-13-10-4-8(6-11)3-9(5-10)7-12/h3-5,7H,2H2,1H3. The molecule has 66 valence electrons. The molecule has 0 fully saturated rings. The summed E-state index contributed by atoms with van der Waals surface area (Å²) in [6.45, 7) is 2.37. The van der Waals surface area contributed by atoms with Crippen LogP contribution in [0.5, 0.6) is 5.75 Å². The number of benzene rings is 1. The average Bonchev–Trinajstić information content (AvgIpc) is 2.17. The second-order valence-electron chi connectivity index (χ2n) is 2.45. The van der Waals surface area contributed by atoms with Crippen LogP contribution in [0.3, 0.4) is 0 Å². The maximum absolute atomic E-state index is 10.5. The molecule has 0 unspecified atom stereocenters. The van der Waals surface area contributed by atoms with Gasteiger partial charge in [0, 0.05) is 5.56 Å². The van der Waals surface area contributed by atoms with E-state index in [-0.39, 0.29) is 0 Å². The van der Waals surface area contributed by atoms with Gasteiger partial charge in [-0.1, -0.05) is 0 Å². The summed E-state index contributed by atoms with van der Waals surface area (Å²) in [6.07, 6.45) is 0.698. The minimum atomic E-state index is 0.438. The minimum Gasteiger partial charge on any atom is -0.494 e. The highest BCUT2D eigenvalue weighted by Crippen LogP contribution is 2.15. The van der Waals surface area contributed by atoms with Gasteiger partial charge < -0.3 is 4.74 Å². The zero-order chi connectivity index (χ0) is 9.68. The van der Waals surface area contributed by atoms with Crippen LogP contribution in [-0.4, -0.2) is 12.9 Å². The first-order valence-electron chi connectivity index (χ1n) is 3.93. The third kappa shape index (κ3) is 2.31. The second-order valence-corrected chi connectivity index (χ2v) is 2.45.